The molecule has 3 heterocycles. The van der Waals surface area contributed by atoms with E-state index in [1.807, 2.05) is 33.8 Å². The third-order valence-corrected chi connectivity index (χ3v) is 6.56. The van der Waals surface area contributed by atoms with Crippen LogP contribution in [0.1, 0.15) is 26.3 Å². The number of hydrogen-bond acceptors (Lipinski definition) is 5. The third-order valence-electron chi connectivity index (χ3n) is 6.56. The zero-order chi connectivity index (χ0) is 27.2. The van der Waals surface area contributed by atoms with Crippen LogP contribution < -0.4 is 10.2 Å². The van der Waals surface area contributed by atoms with Crippen LogP contribution in [-0.4, -0.2) is 45.9 Å². The van der Waals surface area contributed by atoms with Gasteiger partial charge in [0.15, 0.2) is 0 Å². The second-order valence-corrected chi connectivity index (χ2v) is 10.9. The molecular formula is C29H31F2N5O2. The first-order valence-corrected chi connectivity index (χ1v) is 12.6. The van der Waals surface area contributed by atoms with Gasteiger partial charge in [-0.25, -0.2) is 18.6 Å². The topological polar surface area (TPSA) is 72.3 Å². The van der Waals surface area contributed by atoms with E-state index in [2.05, 4.69) is 15.2 Å². The first kappa shape index (κ1) is 25.6. The number of rotatable bonds is 5. The van der Waals surface area contributed by atoms with Crippen LogP contribution in [0.4, 0.5) is 19.3 Å². The van der Waals surface area contributed by atoms with Gasteiger partial charge in [-0.2, -0.15) is 0 Å². The van der Waals surface area contributed by atoms with Crippen LogP contribution in [0.5, 0.6) is 0 Å². The number of ether oxygens (including phenoxy) is 1. The van der Waals surface area contributed by atoms with Crippen molar-refractivity contribution in [3.63, 3.8) is 0 Å². The Balaban J connectivity index is 1.52. The monoisotopic (exact) mass is 519 g/mol. The number of pyridine rings is 1. The van der Waals surface area contributed by atoms with Gasteiger partial charge in [0.1, 0.15) is 28.6 Å². The number of aromatic nitrogens is 3. The maximum absolute atomic E-state index is 14.7. The molecule has 0 aliphatic carbocycles. The summed E-state index contributed by atoms with van der Waals surface area (Å²) in [7, 11) is 1.78. The normalized spacial score (nSPS) is 14.0. The fourth-order valence-corrected chi connectivity index (χ4v) is 4.95. The highest BCUT2D eigenvalue weighted by atomic mass is 19.1. The molecule has 1 amide bonds. The van der Waals surface area contributed by atoms with Crippen molar-refractivity contribution >= 4 is 22.8 Å². The lowest BCUT2D eigenvalue weighted by molar-refractivity contribution is 0.0516. The summed E-state index contributed by atoms with van der Waals surface area (Å²) in [6.07, 6.45) is 3.00. The van der Waals surface area contributed by atoms with Crippen LogP contribution >= 0.6 is 0 Å². The number of nitrogens with zero attached hydrogens (tertiary/aromatic N) is 4. The average molecular weight is 520 g/mol. The Hall–Kier alpha value is -4.01. The molecule has 0 unspecified atom stereocenters. The Labute approximate surface area is 220 Å². The molecular weight excluding hydrogens is 488 g/mol. The van der Waals surface area contributed by atoms with Crippen LogP contribution in [0, 0.1) is 24.5 Å². The predicted molar refractivity (Wildman–Crippen MR) is 144 cm³/mol. The summed E-state index contributed by atoms with van der Waals surface area (Å²) in [6.45, 7) is 9.11. The van der Waals surface area contributed by atoms with E-state index in [4.69, 9.17) is 9.72 Å². The van der Waals surface area contributed by atoms with E-state index in [1.165, 1.54) is 18.2 Å². The molecule has 4 aromatic rings. The molecule has 38 heavy (non-hydrogen) atoms. The summed E-state index contributed by atoms with van der Waals surface area (Å²) in [5, 5.41) is 2.85. The van der Waals surface area contributed by atoms with E-state index in [9.17, 15) is 13.6 Å². The van der Waals surface area contributed by atoms with Crippen molar-refractivity contribution in [3.8, 4) is 22.5 Å². The molecule has 1 aliphatic heterocycles. The predicted octanol–water partition coefficient (Wildman–Crippen LogP) is 5.85. The Morgan fingerprint density at radius 2 is 1.87 bits per heavy atom. The van der Waals surface area contributed by atoms with E-state index in [-0.39, 0.29) is 17.6 Å². The molecule has 1 saturated heterocycles. The van der Waals surface area contributed by atoms with E-state index in [0.29, 0.717) is 42.1 Å². The average Bonchev–Trinajstić information content (AvgIpc) is 3.13. The second kappa shape index (κ2) is 9.70. The van der Waals surface area contributed by atoms with Crippen molar-refractivity contribution < 1.29 is 18.3 Å². The summed E-state index contributed by atoms with van der Waals surface area (Å²) in [4.78, 5) is 23.5. The fourth-order valence-electron chi connectivity index (χ4n) is 4.95. The number of amides is 1. The van der Waals surface area contributed by atoms with Gasteiger partial charge in [0.2, 0.25) is 0 Å². The summed E-state index contributed by atoms with van der Waals surface area (Å²) >= 11 is 0. The van der Waals surface area contributed by atoms with Crippen molar-refractivity contribution in [2.75, 3.05) is 24.5 Å². The number of para-hydroxylation sites is 1. The first-order chi connectivity index (χ1) is 18.0. The molecule has 9 heteroatoms. The minimum absolute atomic E-state index is 0.198. The Morgan fingerprint density at radius 3 is 2.55 bits per heavy atom. The molecule has 0 atom stereocenters. The molecule has 1 N–H and O–H groups in total. The second-order valence-electron chi connectivity index (χ2n) is 10.9. The number of imidazole rings is 1. The van der Waals surface area contributed by atoms with Gasteiger partial charge in [0, 0.05) is 50.6 Å². The van der Waals surface area contributed by atoms with E-state index in [1.54, 1.807) is 36.1 Å². The lowest BCUT2D eigenvalue weighted by Gasteiger charge is -2.43. The van der Waals surface area contributed by atoms with Crippen molar-refractivity contribution in [1.29, 1.82) is 0 Å². The summed E-state index contributed by atoms with van der Waals surface area (Å²) < 4.78 is 36.2. The lowest BCUT2D eigenvalue weighted by atomic mass is 9.93. The number of carbonyl (C=O) groups excluding carboxylic acids is 1. The van der Waals surface area contributed by atoms with Gasteiger partial charge in [0.05, 0.1) is 16.8 Å². The summed E-state index contributed by atoms with van der Waals surface area (Å²) in [5.41, 5.74) is 4.21. The quantitative estimate of drug-likeness (QED) is 0.358. The first-order valence-electron chi connectivity index (χ1n) is 12.6. The molecule has 198 valence electrons. The van der Waals surface area contributed by atoms with Gasteiger partial charge in [-0.1, -0.05) is 12.1 Å². The minimum atomic E-state index is -0.565. The van der Waals surface area contributed by atoms with E-state index in [0.717, 1.165) is 22.4 Å². The van der Waals surface area contributed by atoms with Gasteiger partial charge in [-0.05, 0) is 63.1 Å². The number of hydrogen-bond donors (Lipinski definition) is 1. The molecule has 5 rings (SSSR count). The highest BCUT2D eigenvalue weighted by Crippen LogP contribution is 2.42. The number of anilines is 1. The maximum atomic E-state index is 14.7. The van der Waals surface area contributed by atoms with Crippen LogP contribution in [0.25, 0.3) is 33.5 Å². The molecule has 0 spiro atoms. The van der Waals surface area contributed by atoms with Crippen LogP contribution in [-0.2, 0) is 11.8 Å². The highest BCUT2D eigenvalue weighted by Gasteiger charge is 2.33. The highest BCUT2D eigenvalue weighted by molar-refractivity contribution is 5.92. The maximum Gasteiger partial charge on any atom is 0.407 e. The zero-order valence-corrected chi connectivity index (χ0v) is 22.2. The number of nitrogens with one attached hydrogen (secondary N) is 1. The molecule has 0 radical (unpaired) electrons. The number of fused-ring (bicyclic) bond motifs is 1. The number of carbonyl (C=O) groups is 1. The van der Waals surface area contributed by atoms with E-state index >= 15 is 0 Å². The summed E-state index contributed by atoms with van der Waals surface area (Å²) in [5.74, 6) is 0.0815. The molecule has 0 saturated carbocycles. The molecule has 1 aliphatic rings. The third kappa shape index (κ3) is 5.05. The van der Waals surface area contributed by atoms with Crippen LogP contribution in [0.2, 0.25) is 0 Å². The smallest absolute Gasteiger partial charge is 0.407 e. The van der Waals surface area contributed by atoms with E-state index < -0.39 is 11.7 Å². The van der Waals surface area contributed by atoms with Crippen LogP contribution in [0.15, 0.2) is 48.8 Å². The standard InChI is InChI=1S/C29H31F2N5O2/c1-17-9-19(11-20(30)10-17)21-13-32-14-22(27-34-24-8-6-7-23(31)26(24)35(27)5)25(21)36-15-18(16-36)12-33-28(37)38-29(2,3)4/h6-11,13-14,18H,12,15-16H2,1-5H3,(H,33,37). The van der Waals surface area contributed by atoms with Gasteiger partial charge in [-0.15, -0.1) is 0 Å². The number of alkyl carbamates (subject to hydrolysis) is 1. The molecule has 2 aromatic heterocycles. The van der Waals surface area contributed by atoms with Gasteiger partial charge >= 0.3 is 6.09 Å². The van der Waals surface area contributed by atoms with Gasteiger partial charge in [0.25, 0.3) is 0 Å². The Morgan fingerprint density at radius 1 is 1.13 bits per heavy atom. The van der Waals surface area contributed by atoms with Crippen molar-refractivity contribution in [1.82, 2.24) is 19.9 Å². The minimum Gasteiger partial charge on any atom is -0.444 e. The van der Waals surface area contributed by atoms with Gasteiger partial charge < -0.3 is 19.5 Å². The Kier molecular flexibility index (Phi) is 6.54. The SMILES string of the molecule is Cc1cc(F)cc(-c2cncc(-c3nc4cccc(F)c4n3C)c2N2CC(CNC(=O)OC(C)(C)C)C2)c1. The van der Waals surface area contributed by atoms with Gasteiger partial charge in [-0.3, -0.25) is 4.98 Å². The van der Waals surface area contributed by atoms with Crippen molar-refractivity contribution in [3.05, 3.63) is 66.0 Å². The fraction of sp³-hybridized carbons (Fsp3) is 0.345. The Bertz CT molecular complexity index is 1500. The number of benzene rings is 2. The van der Waals surface area contributed by atoms with Crippen LogP contribution in [0.3, 0.4) is 0 Å². The zero-order valence-electron chi connectivity index (χ0n) is 22.2. The lowest BCUT2D eigenvalue weighted by Crippen LogP contribution is -2.52. The van der Waals surface area contributed by atoms with Crippen molar-refractivity contribution in [2.45, 2.75) is 33.3 Å². The molecule has 7 nitrogen and oxygen atoms in total. The molecule has 2 aromatic carbocycles. The number of aryl methyl sites for hydroxylation is 2. The number of halogens is 2. The summed E-state index contributed by atoms with van der Waals surface area (Å²) in [6, 6.07) is 9.72. The molecule has 0 bridgehead atoms. The largest absolute Gasteiger partial charge is 0.444 e. The molecule has 1 fully saturated rings. The van der Waals surface area contributed by atoms with Crippen molar-refractivity contribution in [2.24, 2.45) is 13.0 Å².